The second-order valence-electron chi connectivity index (χ2n) is 11.9. The molecule has 6 heterocycles. The lowest BCUT2D eigenvalue weighted by Crippen LogP contribution is -2.15. The molecule has 0 aliphatic rings. The van der Waals surface area contributed by atoms with Gasteiger partial charge in [-0.2, -0.15) is 0 Å². The first kappa shape index (κ1) is 54.3. The normalized spacial score (nSPS) is 9.65. The zero-order chi connectivity index (χ0) is 40.3. The van der Waals surface area contributed by atoms with Gasteiger partial charge in [-0.15, -0.1) is 46.7 Å². The van der Waals surface area contributed by atoms with Gasteiger partial charge in [0.1, 0.15) is 12.0 Å². The van der Waals surface area contributed by atoms with Crippen LogP contribution < -0.4 is 16.9 Å². The highest BCUT2D eigenvalue weighted by atomic mass is 127. The number of nitrogens with zero attached hydrogens (tertiary/aromatic N) is 6. The Labute approximate surface area is 395 Å². The molecule has 8 rings (SSSR count). The first-order valence-corrected chi connectivity index (χ1v) is 19.4. The summed E-state index contributed by atoms with van der Waals surface area (Å²) in [5, 5.41) is 0. The van der Waals surface area contributed by atoms with E-state index >= 15 is 0 Å². The van der Waals surface area contributed by atoms with Crippen molar-refractivity contribution in [2.45, 2.75) is 42.5 Å². The van der Waals surface area contributed by atoms with E-state index in [1.54, 1.807) is 81.3 Å². The zero-order valence-corrected chi connectivity index (χ0v) is 35.6. The molecule has 0 atom stereocenters. The van der Waals surface area contributed by atoms with Crippen LogP contribution in [0, 0.1) is 0 Å². The predicted octanol–water partition coefficient (Wildman–Crippen LogP) is 11.1. The van der Waals surface area contributed by atoms with Crippen molar-refractivity contribution in [2.75, 3.05) is 0 Å². The first-order chi connectivity index (χ1) is 27.6. The minimum absolute atomic E-state index is 0. The van der Waals surface area contributed by atoms with Crippen LogP contribution in [0.15, 0.2) is 156 Å². The minimum Gasteiger partial charge on any atom is -0.365 e. The fourth-order valence-electron chi connectivity index (χ4n) is 5.30. The molecule has 8 aromatic rings. The Balaban J connectivity index is 0.000000498. The molecule has 0 aliphatic carbocycles. The van der Waals surface area contributed by atoms with E-state index in [0.29, 0.717) is 43.2 Å². The summed E-state index contributed by atoms with van der Waals surface area (Å²) in [6, 6.07) is 31.9. The lowest BCUT2D eigenvalue weighted by Gasteiger charge is -2.07. The number of carbonyl (C=O) groups excluding carboxylic acids is 3. The summed E-state index contributed by atoms with van der Waals surface area (Å²) >= 11 is 13.9. The number of thiophene rings is 2. The number of rotatable bonds is 10. The largest absolute Gasteiger partial charge is 0.365 e. The molecule has 0 aliphatic heterocycles. The van der Waals surface area contributed by atoms with Crippen molar-refractivity contribution >= 4 is 87.8 Å². The van der Waals surface area contributed by atoms with Crippen molar-refractivity contribution in [1.29, 1.82) is 0 Å². The maximum atomic E-state index is 12.2. The molecule has 0 saturated heterocycles. The number of nitrogens with two attached hydrogens (primary N) is 1. The van der Waals surface area contributed by atoms with Crippen molar-refractivity contribution < 1.29 is 14.4 Å². The van der Waals surface area contributed by atoms with Gasteiger partial charge in [-0.05, 0) is 91.3 Å². The molecule has 17 heteroatoms. The average Bonchev–Trinajstić information content (AvgIpc) is 4.07. The van der Waals surface area contributed by atoms with Crippen molar-refractivity contribution in [1.82, 2.24) is 28.2 Å². The number of primary amides is 1. The fraction of sp³-hybridized carbons (Fsp3) is 0.133. The summed E-state index contributed by atoms with van der Waals surface area (Å²) < 4.78 is 8.01. The third-order valence-corrected chi connectivity index (χ3v) is 10.6. The average molecular weight is 1030 g/mol. The number of aldehydes is 1. The highest BCUT2D eigenvalue weighted by molar-refractivity contribution is 14.0. The Bertz CT molecular complexity index is 2760. The van der Waals surface area contributed by atoms with Gasteiger partial charge in [0, 0.05) is 66.1 Å². The molecule has 12 nitrogen and oxygen atoms in total. The Morgan fingerprint density at radius 3 is 1.47 bits per heavy atom. The number of amides is 1. The molecule has 62 heavy (non-hydrogen) atoms. The van der Waals surface area contributed by atoms with E-state index in [1.807, 2.05) is 71.4 Å². The van der Waals surface area contributed by atoms with Gasteiger partial charge in [-0.3, -0.25) is 33.1 Å². The third-order valence-electron chi connectivity index (χ3n) is 8.13. The highest BCUT2D eigenvalue weighted by Gasteiger charge is 2.11. The molecule has 2 aromatic carbocycles. The number of ketones is 1. The van der Waals surface area contributed by atoms with Crippen LogP contribution in [0.5, 0.6) is 0 Å². The van der Waals surface area contributed by atoms with Crippen molar-refractivity contribution in [3.63, 3.8) is 0 Å². The number of imidazole rings is 2. The van der Waals surface area contributed by atoms with Crippen LogP contribution >= 0.6 is 69.9 Å². The van der Waals surface area contributed by atoms with Gasteiger partial charge in [-0.25, -0.2) is 9.97 Å². The SMILES string of the molecule is C.C.C.C.I.NC(=O)c1ccc(Cl)s1.O=C(CCc1cn(-c2ccc(-n3ccccc3=O)cc2)cn1)c1ccc(Cl)s1.O=Cc1cn(-c2ccc(-n3ccccc3=O)cc2)cn1. The van der Waals surface area contributed by atoms with Gasteiger partial charge in [-0.1, -0.05) is 65.0 Å². The third kappa shape index (κ3) is 14.4. The van der Waals surface area contributed by atoms with E-state index in [4.69, 9.17) is 28.9 Å². The Kier molecular flexibility index (Phi) is 22.7. The number of hydrogen-bond acceptors (Lipinski definition) is 9. The maximum Gasteiger partial charge on any atom is 0.258 e. The highest BCUT2D eigenvalue weighted by Crippen LogP contribution is 2.23. The van der Waals surface area contributed by atoms with Gasteiger partial charge in [0.05, 0.1) is 30.4 Å². The molecule has 6 aromatic heterocycles. The lowest BCUT2D eigenvalue weighted by atomic mass is 10.1. The monoisotopic (exact) mass is 1030 g/mol. The zero-order valence-electron chi connectivity index (χ0n) is 30.1. The number of Topliss-reactive ketones (excluding diaryl/α,β-unsaturated/α-hetero) is 1. The van der Waals surface area contributed by atoms with E-state index < -0.39 is 5.91 Å². The number of aromatic nitrogens is 6. The quantitative estimate of drug-likeness (QED) is 0.0811. The summed E-state index contributed by atoms with van der Waals surface area (Å²) in [5.74, 6) is -0.351. The van der Waals surface area contributed by atoms with E-state index in [1.165, 1.54) is 34.8 Å². The number of hydrogen-bond donors (Lipinski definition) is 1. The van der Waals surface area contributed by atoms with Crippen molar-refractivity contribution in [3.05, 3.63) is 197 Å². The number of pyridine rings is 2. The topological polar surface area (TPSA) is 157 Å². The summed E-state index contributed by atoms with van der Waals surface area (Å²) in [6.45, 7) is 0. The van der Waals surface area contributed by atoms with E-state index in [0.717, 1.165) is 28.4 Å². The first-order valence-electron chi connectivity index (χ1n) is 17.0. The van der Waals surface area contributed by atoms with Crippen molar-refractivity contribution in [2.24, 2.45) is 5.73 Å². The van der Waals surface area contributed by atoms with E-state index in [9.17, 15) is 24.0 Å². The van der Waals surface area contributed by atoms with Gasteiger partial charge < -0.3 is 14.9 Å². The van der Waals surface area contributed by atoms with Crippen LogP contribution in [0.1, 0.15) is 71.7 Å². The summed E-state index contributed by atoms with van der Waals surface area (Å²) in [6.07, 6.45) is 12.0. The Morgan fingerprint density at radius 2 is 1.06 bits per heavy atom. The number of carbonyl (C=O) groups is 3. The Morgan fingerprint density at radius 1 is 0.613 bits per heavy atom. The molecule has 0 unspecified atom stereocenters. The van der Waals surface area contributed by atoms with Crippen LogP contribution in [-0.4, -0.2) is 46.2 Å². The fourth-order valence-corrected chi connectivity index (χ4v) is 7.21. The number of benzene rings is 2. The van der Waals surface area contributed by atoms with Crippen molar-refractivity contribution in [3.8, 4) is 22.7 Å². The number of aryl methyl sites for hydroxylation is 1. The van der Waals surface area contributed by atoms with Gasteiger partial charge in [0.15, 0.2) is 12.1 Å². The molecular formula is C45H48Cl2IN7O5S2. The van der Waals surface area contributed by atoms with Gasteiger partial charge in [0.2, 0.25) is 0 Å². The molecular weight excluding hydrogens is 980 g/mol. The second kappa shape index (κ2) is 25.9. The molecule has 0 bridgehead atoms. The van der Waals surface area contributed by atoms with Gasteiger partial charge in [0.25, 0.3) is 17.0 Å². The van der Waals surface area contributed by atoms with Gasteiger partial charge >= 0.3 is 0 Å². The second-order valence-corrected chi connectivity index (χ2v) is 15.4. The molecule has 326 valence electrons. The standard InChI is InChI=1S/C21H16ClN3O2S.C15H11N3O2.C5H4ClNOS.4CH4.HI/c22-20-11-10-19(28-20)18(26)9-4-15-13-24(14-23-15)16-5-7-17(8-6-16)25-12-2-1-3-21(25)27;19-10-12-9-17(11-16-12)13-4-6-14(7-5-13)18-8-2-1-3-15(18)20;6-4-2-1-3(9-4)5(7)8;;;;;/h1-3,5-8,10-14H,4,9H2;1-11H;1-2H,(H2,7,8);4*1H4;1H. The molecule has 0 spiro atoms. The summed E-state index contributed by atoms with van der Waals surface area (Å²) in [7, 11) is 0. The minimum atomic E-state index is -0.424. The predicted molar refractivity (Wildman–Crippen MR) is 266 cm³/mol. The summed E-state index contributed by atoms with van der Waals surface area (Å²) in [5.41, 5.74) is 9.41. The molecule has 0 fully saturated rings. The van der Waals surface area contributed by atoms with E-state index in [2.05, 4.69) is 9.97 Å². The lowest BCUT2D eigenvalue weighted by molar-refractivity contribution is 0.0983. The van der Waals surface area contributed by atoms with Crippen LogP contribution in [0.25, 0.3) is 22.7 Å². The molecule has 1 amide bonds. The summed E-state index contributed by atoms with van der Waals surface area (Å²) in [4.78, 5) is 66.4. The van der Waals surface area contributed by atoms with Crippen LogP contribution in [0.4, 0.5) is 0 Å². The molecule has 0 saturated carbocycles. The number of halogens is 3. The molecule has 2 N–H and O–H groups in total. The van der Waals surface area contributed by atoms with E-state index in [-0.39, 0.29) is 70.6 Å². The molecule has 0 radical (unpaired) electrons. The smallest absolute Gasteiger partial charge is 0.258 e. The maximum absolute atomic E-state index is 12.2. The van der Waals surface area contributed by atoms with Crippen LogP contribution in [0.2, 0.25) is 8.67 Å². The van der Waals surface area contributed by atoms with Crippen LogP contribution in [-0.2, 0) is 6.42 Å². The van der Waals surface area contributed by atoms with Crippen LogP contribution in [0.3, 0.4) is 0 Å². The Hall–Kier alpha value is -5.72.